The number of hydrogen-bond acceptors (Lipinski definition) is 3. The minimum atomic E-state index is 0.253. The van der Waals surface area contributed by atoms with Crippen LogP contribution in [0, 0.1) is 0 Å². The summed E-state index contributed by atoms with van der Waals surface area (Å²) in [6.45, 7) is 16.9. The third-order valence-electron chi connectivity index (χ3n) is 3.75. The molecule has 0 spiro atoms. The zero-order valence-corrected chi connectivity index (χ0v) is 12.7. The van der Waals surface area contributed by atoms with E-state index in [0.29, 0.717) is 18.1 Å². The van der Waals surface area contributed by atoms with Gasteiger partial charge in [-0.15, -0.1) is 0 Å². The molecule has 2 atom stereocenters. The Bertz CT molecular complexity index is 235. The summed E-state index contributed by atoms with van der Waals surface area (Å²) in [7, 11) is 1.80. The molecule has 3 nitrogen and oxygen atoms in total. The first-order chi connectivity index (χ1) is 7.77. The van der Waals surface area contributed by atoms with Gasteiger partial charge < -0.3 is 4.74 Å². The summed E-state index contributed by atoms with van der Waals surface area (Å²) in [5.41, 5.74) is 0.253. The van der Waals surface area contributed by atoms with Crippen LogP contribution in [0.1, 0.15) is 41.5 Å². The van der Waals surface area contributed by atoms with Gasteiger partial charge in [0.25, 0.3) is 0 Å². The lowest BCUT2D eigenvalue weighted by molar-refractivity contribution is -0.0509. The SMILES string of the molecule is COCC1CN(C(C)(C)C)CC(C)N1C(C)C. The summed E-state index contributed by atoms with van der Waals surface area (Å²) in [6.07, 6.45) is 0. The van der Waals surface area contributed by atoms with E-state index in [1.807, 2.05) is 0 Å². The molecular formula is C14H30N2O. The van der Waals surface area contributed by atoms with Crippen molar-refractivity contribution in [3.8, 4) is 0 Å². The van der Waals surface area contributed by atoms with E-state index in [-0.39, 0.29) is 5.54 Å². The monoisotopic (exact) mass is 242 g/mol. The molecule has 2 unspecified atom stereocenters. The highest BCUT2D eigenvalue weighted by molar-refractivity contribution is 4.93. The van der Waals surface area contributed by atoms with Gasteiger partial charge in [-0.3, -0.25) is 9.80 Å². The van der Waals surface area contributed by atoms with Gasteiger partial charge in [-0.2, -0.15) is 0 Å². The van der Waals surface area contributed by atoms with E-state index in [1.165, 1.54) is 0 Å². The molecule has 0 bridgehead atoms. The third kappa shape index (κ3) is 3.67. The van der Waals surface area contributed by atoms with Crippen LogP contribution in [0.4, 0.5) is 0 Å². The zero-order chi connectivity index (χ0) is 13.2. The van der Waals surface area contributed by atoms with E-state index in [4.69, 9.17) is 4.74 Å². The van der Waals surface area contributed by atoms with E-state index in [1.54, 1.807) is 7.11 Å². The molecule has 17 heavy (non-hydrogen) atoms. The fourth-order valence-electron chi connectivity index (χ4n) is 3.01. The number of rotatable bonds is 3. The van der Waals surface area contributed by atoms with Gasteiger partial charge >= 0.3 is 0 Å². The summed E-state index contributed by atoms with van der Waals surface area (Å²) < 4.78 is 5.40. The Kier molecular flexibility index (Phi) is 4.99. The standard InChI is InChI=1S/C14H30N2O/c1-11(2)16-12(3)8-15(14(4,5)6)9-13(16)10-17-7/h11-13H,8-10H2,1-7H3. The first-order valence-corrected chi connectivity index (χ1v) is 6.78. The summed E-state index contributed by atoms with van der Waals surface area (Å²) in [5.74, 6) is 0. The van der Waals surface area contributed by atoms with Crippen molar-refractivity contribution in [1.29, 1.82) is 0 Å². The van der Waals surface area contributed by atoms with Crippen LogP contribution in [0.25, 0.3) is 0 Å². The van der Waals surface area contributed by atoms with Gasteiger partial charge in [-0.1, -0.05) is 0 Å². The highest BCUT2D eigenvalue weighted by Crippen LogP contribution is 2.24. The summed E-state index contributed by atoms with van der Waals surface area (Å²) in [5, 5.41) is 0. The fourth-order valence-corrected chi connectivity index (χ4v) is 3.01. The molecule has 1 aliphatic rings. The van der Waals surface area contributed by atoms with E-state index in [0.717, 1.165) is 19.7 Å². The minimum Gasteiger partial charge on any atom is -0.383 e. The normalized spacial score (nSPS) is 28.9. The maximum absolute atomic E-state index is 5.40. The number of methoxy groups -OCH3 is 1. The van der Waals surface area contributed by atoms with Crippen LogP contribution in [0.2, 0.25) is 0 Å². The average molecular weight is 242 g/mol. The largest absolute Gasteiger partial charge is 0.383 e. The quantitative estimate of drug-likeness (QED) is 0.755. The number of hydrogen-bond donors (Lipinski definition) is 0. The minimum absolute atomic E-state index is 0.253. The Morgan fingerprint density at radius 1 is 1.24 bits per heavy atom. The zero-order valence-electron chi connectivity index (χ0n) is 12.7. The maximum atomic E-state index is 5.40. The molecule has 0 N–H and O–H groups in total. The van der Waals surface area contributed by atoms with Crippen LogP contribution in [0.15, 0.2) is 0 Å². The lowest BCUT2D eigenvalue weighted by atomic mass is 9.98. The van der Waals surface area contributed by atoms with E-state index in [9.17, 15) is 0 Å². The predicted octanol–water partition coefficient (Wildman–Crippen LogP) is 2.21. The van der Waals surface area contributed by atoms with Crippen LogP contribution >= 0.6 is 0 Å². The smallest absolute Gasteiger partial charge is 0.0630 e. The van der Waals surface area contributed by atoms with Crippen molar-refractivity contribution in [1.82, 2.24) is 9.80 Å². The second-order valence-corrected chi connectivity index (χ2v) is 6.57. The Hall–Kier alpha value is -0.120. The topological polar surface area (TPSA) is 15.7 Å². The number of ether oxygens (including phenoxy) is 1. The predicted molar refractivity (Wildman–Crippen MR) is 73.4 cm³/mol. The van der Waals surface area contributed by atoms with Gasteiger partial charge in [0.15, 0.2) is 0 Å². The summed E-state index contributed by atoms with van der Waals surface area (Å²) in [6, 6.07) is 1.71. The van der Waals surface area contributed by atoms with Gasteiger partial charge in [-0.05, 0) is 41.5 Å². The first-order valence-electron chi connectivity index (χ1n) is 6.78. The number of piperazine rings is 1. The Morgan fingerprint density at radius 2 is 1.82 bits per heavy atom. The molecule has 0 aromatic heterocycles. The highest BCUT2D eigenvalue weighted by atomic mass is 16.5. The van der Waals surface area contributed by atoms with Gasteiger partial charge in [0.05, 0.1) is 6.61 Å². The van der Waals surface area contributed by atoms with Crippen molar-refractivity contribution in [2.75, 3.05) is 26.8 Å². The number of nitrogens with zero attached hydrogens (tertiary/aromatic N) is 2. The van der Waals surface area contributed by atoms with Crippen molar-refractivity contribution < 1.29 is 4.74 Å². The second-order valence-electron chi connectivity index (χ2n) is 6.57. The van der Waals surface area contributed by atoms with Crippen LogP contribution < -0.4 is 0 Å². The van der Waals surface area contributed by atoms with Gasteiger partial charge in [0.1, 0.15) is 0 Å². The van der Waals surface area contributed by atoms with Crippen molar-refractivity contribution in [3.63, 3.8) is 0 Å². The molecule has 3 heteroatoms. The van der Waals surface area contributed by atoms with Crippen LogP contribution in [-0.4, -0.2) is 60.3 Å². The molecule has 102 valence electrons. The molecule has 0 saturated carbocycles. The molecule has 0 aromatic carbocycles. The molecule has 1 aliphatic heterocycles. The van der Waals surface area contributed by atoms with Crippen LogP contribution in [0.3, 0.4) is 0 Å². The van der Waals surface area contributed by atoms with Gasteiger partial charge in [0, 0.05) is 43.9 Å². The highest BCUT2D eigenvalue weighted by Gasteiger charge is 2.37. The average Bonchev–Trinajstić information content (AvgIpc) is 2.15. The fraction of sp³-hybridized carbons (Fsp3) is 1.00. The van der Waals surface area contributed by atoms with E-state index >= 15 is 0 Å². The molecule has 0 radical (unpaired) electrons. The van der Waals surface area contributed by atoms with Gasteiger partial charge in [0.2, 0.25) is 0 Å². The molecule has 1 saturated heterocycles. The molecule has 1 rings (SSSR count). The Labute approximate surface area is 107 Å². The Morgan fingerprint density at radius 3 is 2.24 bits per heavy atom. The van der Waals surface area contributed by atoms with Crippen LogP contribution in [0.5, 0.6) is 0 Å². The molecule has 0 aliphatic carbocycles. The van der Waals surface area contributed by atoms with Crippen molar-refractivity contribution >= 4 is 0 Å². The summed E-state index contributed by atoms with van der Waals surface area (Å²) >= 11 is 0. The van der Waals surface area contributed by atoms with Gasteiger partial charge in [-0.25, -0.2) is 0 Å². The van der Waals surface area contributed by atoms with Crippen molar-refractivity contribution in [2.45, 2.75) is 65.2 Å². The first kappa shape index (κ1) is 14.9. The summed E-state index contributed by atoms with van der Waals surface area (Å²) in [4.78, 5) is 5.19. The van der Waals surface area contributed by atoms with E-state index < -0.39 is 0 Å². The lowest BCUT2D eigenvalue weighted by Gasteiger charge is -2.51. The van der Waals surface area contributed by atoms with Crippen LogP contribution in [-0.2, 0) is 4.74 Å². The molecule has 1 heterocycles. The maximum Gasteiger partial charge on any atom is 0.0630 e. The molecule has 0 aromatic rings. The van der Waals surface area contributed by atoms with E-state index in [2.05, 4.69) is 51.3 Å². The van der Waals surface area contributed by atoms with Crippen molar-refractivity contribution in [3.05, 3.63) is 0 Å². The Balaban J connectivity index is 2.80. The second kappa shape index (κ2) is 5.68. The third-order valence-corrected chi connectivity index (χ3v) is 3.75. The van der Waals surface area contributed by atoms with Crippen molar-refractivity contribution in [2.24, 2.45) is 0 Å². The molecule has 0 amide bonds. The molecule has 1 fully saturated rings. The molecular weight excluding hydrogens is 212 g/mol. The lowest BCUT2D eigenvalue weighted by Crippen LogP contribution is -2.64.